The molecule has 1 unspecified atom stereocenters. The van der Waals surface area contributed by atoms with E-state index in [1.807, 2.05) is 32.2 Å². The fourth-order valence-corrected chi connectivity index (χ4v) is 2.56. The minimum absolute atomic E-state index is 0.0930. The molecule has 0 radical (unpaired) electrons. The maximum Gasteiger partial charge on any atom is 0.279 e. The molecule has 2 N–H and O–H groups in total. The topological polar surface area (TPSA) is 33.5 Å². The van der Waals surface area contributed by atoms with E-state index in [0.717, 1.165) is 20.6 Å². The van der Waals surface area contributed by atoms with Gasteiger partial charge in [-0.15, -0.1) is 0 Å². The first-order valence-electron chi connectivity index (χ1n) is 7.06. The zero-order valence-corrected chi connectivity index (χ0v) is 14.2. The summed E-state index contributed by atoms with van der Waals surface area (Å²) < 4.78 is 14.6. The van der Waals surface area contributed by atoms with Crippen LogP contribution in [0.15, 0.2) is 46.9 Å². The summed E-state index contributed by atoms with van der Waals surface area (Å²) in [7, 11) is 1.87. The summed E-state index contributed by atoms with van der Waals surface area (Å²) in [5, 5.41) is 2.86. The van der Waals surface area contributed by atoms with Crippen LogP contribution in [0.1, 0.15) is 11.1 Å². The molecule has 5 heteroatoms. The average molecular weight is 366 g/mol. The van der Waals surface area contributed by atoms with Crippen molar-refractivity contribution in [2.45, 2.75) is 13.5 Å². The Morgan fingerprint density at radius 3 is 2.68 bits per heavy atom. The number of hydrogen-bond donors (Lipinski definition) is 2. The predicted molar refractivity (Wildman–Crippen MR) is 89.4 cm³/mol. The number of carbonyl (C=O) groups is 1. The van der Waals surface area contributed by atoms with Gasteiger partial charge in [0.1, 0.15) is 12.4 Å². The monoisotopic (exact) mass is 365 g/mol. The molecule has 0 saturated heterocycles. The lowest BCUT2D eigenvalue weighted by molar-refractivity contribution is -0.885. The van der Waals surface area contributed by atoms with Gasteiger partial charge in [0.25, 0.3) is 5.91 Å². The van der Waals surface area contributed by atoms with E-state index in [1.54, 1.807) is 18.2 Å². The Hall–Kier alpha value is -1.72. The molecule has 0 aliphatic rings. The Labute approximate surface area is 138 Å². The summed E-state index contributed by atoms with van der Waals surface area (Å²) in [4.78, 5) is 13.0. The number of benzene rings is 2. The molecule has 1 atom stereocenters. The van der Waals surface area contributed by atoms with Gasteiger partial charge >= 0.3 is 0 Å². The number of carbonyl (C=O) groups excluding carboxylic acids is 1. The first kappa shape index (κ1) is 16.6. The van der Waals surface area contributed by atoms with Gasteiger partial charge in [-0.1, -0.05) is 40.2 Å². The second-order valence-electron chi connectivity index (χ2n) is 5.41. The van der Waals surface area contributed by atoms with Crippen LogP contribution in [0.4, 0.5) is 10.1 Å². The highest BCUT2D eigenvalue weighted by molar-refractivity contribution is 9.10. The molecule has 0 aliphatic carbocycles. The van der Waals surface area contributed by atoms with Crippen LogP contribution in [0, 0.1) is 12.7 Å². The van der Waals surface area contributed by atoms with Gasteiger partial charge in [-0.05, 0) is 30.7 Å². The Morgan fingerprint density at radius 1 is 1.27 bits per heavy atom. The molecular weight excluding hydrogens is 347 g/mol. The fourth-order valence-electron chi connectivity index (χ4n) is 2.18. The quantitative estimate of drug-likeness (QED) is 0.838. The lowest BCUT2D eigenvalue weighted by Gasteiger charge is -2.14. The summed E-state index contributed by atoms with van der Waals surface area (Å²) in [5.41, 5.74) is 2.48. The van der Waals surface area contributed by atoms with Gasteiger partial charge in [-0.3, -0.25) is 4.79 Å². The molecule has 0 spiro atoms. The summed E-state index contributed by atoms with van der Waals surface area (Å²) in [6.07, 6.45) is 0. The van der Waals surface area contributed by atoms with Crippen molar-refractivity contribution in [3.05, 3.63) is 63.9 Å². The summed E-state index contributed by atoms with van der Waals surface area (Å²) >= 11 is 3.44. The van der Waals surface area contributed by atoms with E-state index in [4.69, 9.17) is 0 Å². The number of likely N-dealkylation sites (N-methyl/N-ethyl adjacent to an activating group) is 1. The maximum atomic E-state index is 13.6. The van der Waals surface area contributed by atoms with Crippen molar-refractivity contribution in [3.8, 4) is 0 Å². The third-order valence-electron chi connectivity index (χ3n) is 3.37. The van der Waals surface area contributed by atoms with Crippen molar-refractivity contribution in [2.75, 3.05) is 18.9 Å². The fraction of sp³-hybridized carbons (Fsp3) is 0.235. The molecule has 0 saturated carbocycles. The molecule has 2 aromatic rings. The summed E-state index contributed by atoms with van der Waals surface area (Å²) in [6.45, 7) is 2.74. The largest absolute Gasteiger partial charge is 0.326 e. The van der Waals surface area contributed by atoms with Crippen molar-refractivity contribution in [1.29, 1.82) is 0 Å². The molecule has 0 heterocycles. The zero-order valence-electron chi connectivity index (χ0n) is 12.6. The average Bonchev–Trinajstić information content (AvgIpc) is 2.45. The van der Waals surface area contributed by atoms with Gasteiger partial charge in [0.2, 0.25) is 0 Å². The van der Waals surface area contributed by atoms with E-state index in [1.165, 1.54) is 6.07 Å². The van der Waals surface area contributed by atoms with Crippen molar-refractivity contribution in [3.63, 3.8) is 0 Å². The third-order valence-corrected chi connectivity index (χ3v) is 4.22. The van der Waals surface area contributed by atoms with Gasteiger partial charge in [-0.2, -0.15) is 0 Å². The highest BCUT2D eigenvalue weighted by atomic mass is 79.9. The van der Waals surface area contributed by atoms with Gasteiger partial charge in [0, 0.05) is 15.7 Å². The van der Waals surface area contributed by atoms with Crippen molar-refractivity contribution in [2.24, 2.45) is 0 Å². The zero-order chi connectivity index (χ0) is 16.1. The number of nitrogens with one attached hydrogen (secondary N) is 2. The van der Waals surface area contributed by atoms with Gasteiger partial charge in [-0.25, -0.2) is 4.39 Å². The molecule has 22 heavy (non-hydrogen) atoms. The van der Waals surface area contributed by atoms with E-state index in [2.05, 4.69) is 21.2 Å². The number of amides is 1. The van der Waals surface area contributed by atoms with E-state index in [-0.39, 0.29) is 18.3 Å². The van der Waals surface area contributed by atoms with Gasteiger partial charge in [0.05, 0.1) is 7.05 Å². The third kappa shape index (κ3) is 4.64. The maximum absolute atomic E-state index is 13.6. The van der Waals surface area contributed by atoms with E-state index >= 15 is 0 Å². The highest BCUT2D eigenvalue weighted by Crippen LogP contribution is 2.20. The Bertz CT molecular complexity index is 675. The number of halogens is 2. The first-order chi connectivity index (χ1) is 10.5. The standard InChI is InChI=1S/C17H18BrFN2O/c1-12-7-8-14(9-15(12)18)20-17(22)11-21(2)10-13-5-3-4-6-16(13)19/h3-9H,10-11H2,1-2H3,(H,20,22)/p+1. The van der Waals surface area contributed by atoms with Crippen molar-refractivity contribution >= 4 is 27.5 Å². The van der Waals surface area contributed by atoms with Crippen LogP contribution >= 0.6 is 15.9 Å². The van der Waals surface area contributed by atoms with Crippen LogP contribution in [0.2, 0.25) is 0 Å². The lowest BCUT2D eigenvalue weighted by Crippen LogP contribution is -3.08. The predicted octanol–water partition coefficient (Wildman–Crippen LogP) is 2.55. The number of rotatable bonds is 5. The summed E-state index contributed by atoms with van der Waals surface area (Å²) in [5.74, 6) is -0.325. The molecule has 0 aliphatic heterocycles. The SMILES string of the molecule is Cc1ccc(NC(=O)C[NH+](C)Cc2ccccc2F)cc1Br. The second-order valence-corrected chi connectivity index (χ2v) is 6.27. The minimum atomic E-state index is -0.232. The van der Waals surface area contributed by atoms with Crippen LogP contribution in [-0.2, 0) is 11.3 Å². The molecule has 0 bridgehead atoms. The van der Waals surface area contributed by atoms with Crippen molar-refractivity contribution in [1.82, 2.24) is 0 Å². The molecule has 3 nitrogen and oxygen atoms in total. The summed E-state index contributed by atoms with van der Waals surface area (Å²) in [6, 6.07) is 12.3. The van der Waals surface area contributed by atoms with Crippen LogP contribution in [0.5, 0.6) is 0 Å². The number of anilines is 1. The normalized spacial score (nSPS) is 12.0. The molecule has 116 valence electrons. The molecule has 0 fully saturated rings. The second kappa shape index (κ2) is 7.51. The minimum Gasteiger partial charge on any atom is -0.326 e. The molecule has 2 rings (SSSR count). The Morgan fingerprint density at radius 2 is 2.00 bits per heavy atom. The van der Waals surface area contributed by atoms with Gasteiger partial charge in [0.15, 0.2) is 6.54 Å². The van der Waals surface area contributed by atoms with Crippen LogP contribution in [0.3, 0.4) is 0 Å². The Kier molecular flexibility index (Phi) is 5.69. The van der Waals surface area contributed by atoms with Crippen LogP contribution in [0.25, 0.3) is 0 Å². The number of hydrogen-bond acceptors (Lipinski definition) is 1. The van der Waals surface area contributed by atoms with E-state index < -0.39 is 0 Å². The highest BCUT2D eigenvalue weighted by Gasteiger charge is 2.13. The Balaban J connectivity index is 1.91. The van der Waals surface area contributed by atoms with Crippen LogP contribution in [-0.4, -0.2) is 19.5 Å². The molecule has 2 aromatic carbocycles. The smallest absolute Gasteiger partial charge is 0.279 e. The molecular formula is C17H19BrFN2O+. The first-order valence-corrected chi connectivity index (χ1v) is 7.85. The van der Waals surface area contributed by atoms with Crippen LogP contribution < -0.4 is 10.2 Å². The lowest BCUT2D eigenvalue weighted by atomic mass is 10.2. The molecule has 1 amide bonds. The molecule has 0 aromatic heterocycles. The number of quaternary nitrogens is 1. The van der Waals surface area contributed by atoms with Gasteiger partial charge < -0.3 is 10.2 Å². The number of aryl methyl sites for hydroxylation is 1. The van der Waals surface area contributed by atoms with E-state index in [0.29, 0.717) is 12.1 Å². The van der Waals surface area contributed by atoms with E-state index in [9.17, 15) is 9.18 Å². The van der Waals surface area contributed by atoms with Crippen molar-refractivity contribution < 1.29 is 14.1 Å².